The lowest BCUT2D eigenvalue weighted by Gasteiger charge is -2.64. The lowest BCUT2D eigenvalue weighted by molar-refractivity contribution is -0.199. The molecule has 4 aliphatic carbocycles. The van der Waals surface area contributed by atoms with Crippen LogP contribution in [0, 0.1) is 52.3 Å². The number of rotatable bonds is 6. The van der Waals surface area contributed by atoms with Gasteiger partial charge < -0.3 is 10.2 Å². The van der Waals surface area contributed by atoms with Crippen LogP contribution in [-0.2, 0) is 18.1 Å². The molecule has 1 aromatic rings. The van der Waals surface area contributed by atoms with Crippen LogP contribution in [0.4, 0.5) is 0 Å². The van der Waals surface area contributed by atoms with Gasteiger partial charge in [0.1, 0.15) is 0 Å². The Morgan fingerprint density at radius 3 is 2.55 bits per heavy atom. The molecular formula is C32H50NO6P. The summed E-state index contributed by atoms with van der Waals surface area (Å²) in [6.45, 7) is 10.3. The lowest BCUT2D eigenvalue weighted by atomic mass is 9.42. The van der Waals surface area contributed by atoms with E-state index in [0.29, 0.717) is 55.1 Å². The van der Waals surface area contributed by atoms with E-state index < -0.39 is 7.82 Å². The molecule has 0 spiro atoms. The zero-order chi connectivity index (χ0) is 28.3. The number of nitrogens with zero attached hydrogens (tertiary/aromatic N) is 1. The number of aliphatic hydroxyl groups excluding tert-OH is 2. The van der Waals surface area contributed by atoms with E-state index in [1.54, 1.807) is 12.4 Å². The minimum absolute atomic E-state index is 0.202. The molecule has 1 aliphatic heterocycles. The van der Waals surface area contributed by atoms with Crippen molar-refractivity contribution in [2.75, 3.05) is 13.2 Å². The first kappa shape index (κ1) is 29.3. The second-order valence-electron chi connectivity index (χ2n) is 14.5. The molecule has 5 unspecified atom stereocenters. The molecule has 224 valence electrons. The summed E-state index contributed by atoms with van der Waals surface area (Å²) < 4.78 is 30.5. The standard InChI is InChI=1S/C32H50NO6P/c1-20(11-17-37-40(36)38-18-12-28(39-40)22-9-15-33-16-10-22)24-5-6-25-29-26(8-14-31(24,25)3)32(4)13-7-23(34)19-27(32)21(2)30(29)35/h9-10,15-16,20-21,23-30,34-35H,5-8,11-14,17-19H2,1-4H3/t20-,21-,23-,24-,25?,26?,27?,28+,29?,30-,31-,32-,40?/m1/s1. The van der Waals surface area contributed by atoms with Crippen molar-refractivity contribution in [2.45, 2.75) is 104 Å². The summed E-state index contributed by atoms with van der Waals surface area (Å²) in [5, 5.41) is 22.2. The molecule has 7 nitrogen and oxygen atoms in total. The third kappa shape index (κ3) is 4.95. The summed E-state index contributed by atoms with van der Waals surface area (Å²) in [6.07, 6.45) is 11.7. The summed E-state index contributed by atoms with van der Waals surface area (Å²) in [4.78, 5) is 4.06. The minimum Gasteiger partial charge on any atom is -0.393 e. The molecule has 5 aliphatic rings. The van der Waals surface area contributed by atoms with Crippen molar-refractivity contribution in [3.05, 3.63) is 30.1 Å². The fourth-order valence-electron chi connectivity index (χ4n) is 10.6. The number of phosphoric ester groups is 1. The van der Waals surface area contributed by atoms with Gasteiger partial charge >= 0.3 is 7.82 Å². The number of hydrogen-bond acceptors (Lipinski definition) is 7. The number of aromatic nitrogens is 1. The van der Waals surface area contributed by atoms with Gasteiger partial charge in [0.15, 0.2) is 0 Å². The highest BCUT2D eigenvalue weighted by Crippen LogP contribution is 2.69. The average Bonchev–Trinajstić information content (AvgIpc) is 3.30. The highest BCUT2D eigenvalue weighted by atomic mass is 31.2. The number of pyridine rings is 1. The van der Waals surface area contributed by atoms with E-state index in [1.165, 1.54) is 25.7 Å². The maximum absolute atomic E-state index is 13.3. The number of hydrogen-bond donors (Lipinski definition) is 2. The first-order valence-electron chi connectivity index (χ1n) is 15.9. The molecule has 5 fully saturated rings. The van der Waals surface area contributed by atoms with Crippen LogP contribution in [0.15, 0.2) is 24.5 Å². The van der Waals surface area contributed by atoms with Gasteiger partial charge in [0.2, 0.25) is 0 Å². The van der Waals surface area contributed by atoms with Crippen molar-refractivity contribution in [3.8, 4) is 0 Å². The molecular weight excluding hydrogens is 525 g/mol. The zero-order valence-electron chi connectivity index (χ0n) is 24.8. The van der Waals surface area contributed by atoms with Gasteiger partial charge in [0, 0.05) is 18.8 Å². The zero-order valence-corrected chi connectivity index (χ0v) is 25.7. The van der Waals surface area contributed by atoms with E-state index in [9.17, 15) is 14.8 Å². The Labute approximate surface area is 240 Å². The Hall–Kier alpha value is -0.820. The molecule has 1 aromatic heterocycles. The van der Waals surface area contributed by atoms with Gasteiger partial charge in [-0.15, -0.1) is 0 Å². The smallest absolute Gasteiger partial charge is 0.393 e. The molecule has 0 aromatic carbocycles. The van der Waals surface area contributed by atoms with Crippen molar-refractivity contribution in [3.63, 3.8) is 0 Å². The summed E-state index contributed by atoms with van der Waals surface area (Å²) >= 11 is 0. The van der Waals surface area contributed by atoms with Crippen molar-refractivity contribution >= 4 is 7.82 Å². The molecule has 8 heteroatoms. The van der Waals surface area contributed by atoms with E-state index in [1.807, 2.05) is 12.1 Å². The largest absolute Gasteiger partial charge is 0.475 e. The number of fused-ring (bicyclic) bond motifs is 5. The van der Waals surface area contributed by atoms with Gasteiger partial charge in [0.25, 0.3) is 0 Å². The van der Waals surface area contributed by atoms with E-state index in [-0.39, 0.29) is 35.1 Å². The highest BCUT2D eigenvalue weighted by molar-refractivity contribution is 7.48. The quantitative estimate of drug-likeness (QED) is 0.354. The summed E-state index contributed by atoms with van der Waals surface area (Å²) in [7, 11) is -3.60. The molecule has 4 saturated carbocycles. The van der Waals surface area contributed by atoms with E-state index in [0.717, 1.165) is 31.2 Å². The molecule has 13 atom stereocenters. The van der Waals surface area contributed by atoms with Gasteiger partial charge in [-0.3, -0.25) is 18.6 Å². The van der Waals surface area contributed by atoms with Gasteiger partial charge in [0.05, 0.1) is 31.5 Å². The summed E-state index contributed by atoms with van der Waals surface area (Å²) in [5.74, 6) is 3.06. The Morgan fingerprint density at radius 1 is 1.05 bits per heavy atom. The van der Waals surface area contributed by atoms with Crippen molar-refractivity contribution < 1.29 is 28.3 Å². The highest BCUT2D eigenvalue weighted by Gasteiger charge is 2.64. The fraction of sp³-hybridized carbons (Fsp3) is 0.844. The third-order valence-corrected chi connectivity index (χ3v) is 14.2. The van der Waals surface area contributed by atoms with E-state index in [2.05, 4.69) is 32.7 Å². The molecule has 2 N–H and O–H groups in total. The van der Waals surface area contributed by atoms with Crippen LogP contribution in [-0.4, -0.2) is 40.6 Å². The Morgan fingerprint density at radius 2 is 1.77 bits per heavy atom. The SMILES string of the molecule is C[C@H](CCOP1(=O)OCC[C@@H](c2ccncc2)O1)[C@H]1CCC2C3C(CC[C@@]21C)[C@@]1(C)CC[C@@H](O)CC1[C@@H](C)[C@H]3O. The molecule has 2 heterocycles. The maximum atomic E-state index is 13.3. The van der Waals surface area contributed by atoms with Crippen LogP contribution in [0.5, 0.6) is 0 Å². The van der Waals surface area contributed by atoms with E-state index >= 15 is 0 Å². The molecule has 0 radical (unpaired) electrons. The third-order valence-electron chi connectivity index (χ3n) is 12.7. The van der Waals surface area contributed by atoms with Crippen molar-refractivity contribution in [1.82, 2.24) is 4.98 Å². The Bertz CT molecular complexity index is 1090. The van der Waals surface area contributed by atoms with Crippen molar-refractivity contribution in [2.24, 2.45) is 52.3 Å². The minimum atomic E-state index is -3.60. The second-order valence-corrected chi connectivity index (χ2v) is 16.1. The van der Waals surface area contributed by atoms with Gasteiger partial charge in [-0.1, -0.05) is 27.7 Å². The predicted octanol–water partition coefficient (Wildman–Crippen LogP) is 6.95. The van der Waals surface area contributed by atoms with Crippen LogP contribution in [0.1, 0.15) is 97.1 Å². The Kier molecular flexibility index (Phi) is 8.07. The van der Waals surface area contributed by atoms with Crippen LogP contribution in [0.3, 0.4) is 0 Å². The number of aliphatic hydroxyl groups is 2. The molecule has 40 heavy (non-hydrogen) atoms. The van der Waals surface area contributed by atoms with Crippen LogP contribution >= 0.6 is 7.82 Å². The molecule has 1 saturated heterocycles. The first-order chi connectivity index (χ1) is 19.1. The predicted molar refractivity (Wildman–Crippen MR) is 153 cm³/mol. The van der Waals surface area contributed by atoms with Crippen LogP contribution < -0.4 is 0 Å². The van der Waals surface area contributed by atoms with Gasteiger partial charge in [-0.05, 0) is 121 Å². The second kappa shape index (κ2) is 11.0. The van der Waals surface area contributed by atoms with E-state index in [4.69, 9.17) is 13.6 Å². The first-order valence-corrected chi connectivity index (χ1v) is 17.4. The number of phosphoric acid groups is 1. The molecule has 6 rings (SSSR count). The topological polar surface area (TPSA) is 98.1 Å². The molecule has 0 bridgehead atoms. The van der Waals surface area contributed by atoms with Crippen LogP contribution in [0.2, 0.25) is 0 Å². The summed E-state index contributed by atoms with van der Waals surface area (Å²) in [5.41, 5.74) is 1.37. The Balaban J connectivity index is 1.10. The fourth-order valence-corrected chi connectivity index (χ4v) is 12.0. The van der Waals surface area contributed by atoms with Gasteiger partial charge in [-0.2, -0.15) is 0 Å². The lowest BCUT2D eigenvalue weighted by Crippen LogP contribution is -2.61. The monoisotopic (exact) mass is 575 g/mol. The van der Waals surface area contributed by atoms with Crippen LogP contribution in [0.25, 0.3) is 0 Å². The maximum Gasteiger partial charge on any atom is 0.475 e. The van der Waals surface area contributed by atoms with Crippen molar-refractivity contribution in [1.29, 1.82) is 0 Å². The average molecular weight is 576 g/mol. The normalized spacial score (nSPS) is 49.5. The molecule has 0 amide bonds. The van der Waals surface area contributed by atoms with Gasteiger partial charge in [-0.25, -0.2) is 4.57 Å². The summed E-state index contributed by atoms with van der Waals surface area (Å²) in [6, 6.07) is 3.77.